The molecule has 1 amide bonds. The van der Waals surface area contributed by atoms with Gasteiger partial charge in [-0.25, -0.2) is 4.98 Å². The van der Waals surface area contributed by atoms with Gasteiger partial charge in [0.05, 0.1) is 7.11 Å². The molecule has 0 aliphatic carbocycles. The van der Waals surface area contributed by atoms with Crippen molar-refractivity contribution in [3.05, 3.63) is 77.3 Å². The fourth-order valence-corrected chi connectivity index (χ4v) is 3.78. The van der Waals surface area contributed by atoms with Gasteiger partial charge in [0.1, 0.15) is 17.6 Å². The standard InChI is InChI=1S/C21H22ClN3O2S/c1-25-12-11-23-21(25)20(15-4-3-5-17(14-15)27-2)24-19(26)10-13-28-18-8-6-16(22)7-9-18/h3-9,11-12,14,20H,10,13H2,1-2H3,(H,24,26)/t20-/m0/s1. The number of ether oxygens (including phenoxy) is 1. The Balaban J connectivity index is 1.67. The van der Waals surface area contributed by atoms with E-state index in [0.29, 0.717) is 17.2 Å². The van der Waals surface area contributed by atoms with E-state index < -0.39 is 0 Å². The molecule has 0 unspecified atom stereocenters. The molecule has 0 radical (unpaired) electrons. The Labute approximate surface area is 174 Å². The molecule has 146 valence electrons. The zero-order valence-electron chi connectivity index (χ0n) is 15.8. The molecular formula is C21H22ClN3O2S. The van der Waals surface area contributed by atoms with Crippen LogP contribution >= 0.6 is 23.4 Å². The minimum absolute atomic E-state index is 0.0303. The molecule has 2 aromatic carbocycles. The summed E-state index contributed by atoms with van der Waals surface area (Å²) in [6.45, 7) is 0. The Morgan fingerprint density at radius 1 is 1.29 bits per heavy atom. The molecule has 1 heterocycles. The Morgan fingerprint density at radius 3 is 2.75 bits per heavy atom. The van der Waals surface area contributed by atoms with Crippen molar-refractivity contribution in [1.82, 2.24) is 14.9 Å². The number of amides is 1. The van der Waals surface area contributed by atoms with E-state index >= 15 is 0 Å². The molecule has 3 aromatic rings. The number of aromatic nitrogens is 2. The van der Waals surface area contributed by atoms with Crippen molar-refractivity contribution in [3.63, 3.8) is 0 Å². The van der Waals surface area contributed by atoms with E-state index in [-0.39, 0.29) is 11.9 Å². The fraction of sp³-hybridized carbons (Fsp3) is 0.238. The highest BCUT2D eigenvalue weighted by atomic mass is 35.5. The number of benzene rings is 2. The molecule has 0 aliphatic heterocycles. The second-order valence-corrected chi connectivity index (χ2v) is 7.83. The van der Waals surface area contributed by atoms with Gasteiger partial charge in [0.25, 0.3) is 0 Å². The predicted molar refractivity (Wildman–Crippen MR) is 113 cm³/mol. The Bertz CT molecular complexity index is 927. The monoisotopic (exact) mass is 415 g/mol. The summed E-state index contributed by atoms with van der Waals surface area (Å²) in [5, 5.41) is 3.82. The zero-order valence-corrected chi connectivity index (χ0v) is 17.3. The third-order valence-electron chi connectivity index (χ3n) is 4.26. The van der Waals surface area contributed by atoms with Crippen LogP contribution in [0.1, 0.15) is 23.9 Å². The van der Waals surface area contributed by atoms with Gasteiger partial charge in [0.2, 0.25) is 5.91 Å². The van der Waals surface area contributed by atoms with Crippen molar-refractivity contribution in [2.24, 2.45) is 7.05 Å². The van der Waals surface area contributed by atoms with E-state index in [2.05, 4.69) is 10.3 Å². The SMILES string of the molecule is COc1cccc([C@H](NC(=O)CCSc2ccc(Cl)cc2)c2nccn2C)c1. The van der Waals surface area contributed by atoms with Gasteiger partial charge in [-0.05, 0) is 42.0 Å². The van der Waals surface area contributed by atoms with Crippen LogP contribution in [-0.2, 0) is 11.8 Å². The molecule has 7 heteroatoms. The first-order valence-electron chi connectivity index (χ1n) is 8.85. The molecule has 1 atom stereocenters. The molecule has 1 N–H and O–H groups in total. The minimum atomic E-state index is -0.344. The second-order valence-electron chi connectivity index (χ2n) is 6.23. The Hall–Kier alpha value is -2.44. The summed E-state index contributed by atoms with van der Waals surface area (Å²) in [6.07, 6.45) is 3.99. The largest absolute Gasteiger partial charge is 0.497 e. The number of carbonyl (C=O) groups excluding carboxylic acids is 1. The lowest BCUT2D eigenvalue weighted by atomic mass is 10.1. The number of rotatable bonds is 8. The first-order valence-corrected chi connectivity index (χ1v) is 10.2. The maximum absolute atomic E-state index is 12.6. The lowest BCUT2D eigenvalue weighted by Gasteiger charge is -2.19. The molecule has 3 rings (SSSR count). The number of methoxy groups -OCH3 is 1. The van der Waals surface area contributed by atoms with Crippen molar-refractivity contribution >= 4 is 29.3 Å². The molecule has 0 saturated heterocycles. The van der Waals surface area contributed by atoms with Crippen LogP contribution in [0.4, 0.5) is 0 Å². The van der Waals surface area contributed by atoms with Gasteiger partial charge in [-0.15, -0.1) is 11.8 Å². The van der Waals surface area contributed by atoms with Crippen molar-refractivity contribution in [3.8, 4) is 5.75 Å². The molecule has 0 saturated carbocycles. The zero-order chi connectivity index (χ0) is 19.9. The maximum atomic E-state index is 12.6. The summed E-state index contributed by atoms with van der Waals surface area (Å²) in [7, 11) is 3.54. The molecule has 5 nitrogen and oxygen atoms in total. The van der Waals surface area contributed by atoms with Gasteiger partial charge >= 0.3 is 0 Å². The number of carbonyl (C=O) groups is 1. The van der Waals surface area contributed by atoms with E-state index in [0.717, 1.165) is 22.0 Å². The Morgan fingerprint density at radius 2 is 2.07 bits per heavy atom. The van der Waals surface area contributed by atoms with Crippen LogP contribution < -0.4 is 10.1 Å². The van der Waals surface area contributed by atoms with Crippen molar-refractivity contribution in [1.29, 1.82) is 0 Å². The predicted octanol–water partition coefficient (Wildman–Crippen LogP) is 4.47. The average molecular weight is 416 g/mol. The van der Waals surface area contributed by atoms with Gasteiger partial charge in [-0.3, -0.25) is 4.79 Å². The van der Waals surface area contributed by atoms with Crippen LogP contribution in [0.25, 0.3) is 0 Å². The number of hydrogen-bond acceptors (Lipinski definition) is 4. The summed E-state index contributed by atoms with van der Waals surface area (Å²) < 4.78 is 7.24. The van der Waals surface area contributed by atoms with E-state index in [4.69, 9.17) is 16.3 Å². The fourth-order valence-electron chi connectivity index (χ4n) is 2.80. The number of aryl methyl sites for hydroxylation is 1. The maximum Gasteiger partial charge on any atom is 0.221 e. The number of imidazole rings is 1. The topological polar surface area (TPSA) is 56.1 Å². The number of nitrogens with zero attached hydrogens (tertiary/aromatic N) is 2. The molecule has 0 bridgehead atoms. The lowest BCUT2D eigenvalue weighted by molar-refractivity contribution is -0.121. The summed E-state index contributed by atoms with van der Waals surface area (Å²) >= 11 is 7.53. The normalized spacial score (nSPS) is 11.8. The van der Waals surface area contributed by atoms with Crippen LogP contribution in [0.5, 0.6) is 5.75 Å². The van der Waals surface area contributed by atoms with E-state index in [1.165, 1.54) is 0 Å². The smallest absolute Gasteiger partial charge is 0.221 e. The van der Waals surface area contributed by atoms with Gasteiger partial charge in [-0.2, -0.15) is 0 Å². The third kappa shape index (κ3) is 5.30. The number of hydrogen-bond donors (Lipinski definition) is 1. The summed E-state index contributed by atoms with van der Waals surface area (Å²) in [5.74, 6) is 2.16. The molecule has 0 aliphatic rings. The van der Waals surface area contributed by atoms with Crippen LogP contribution in [0.3, 0.4) is 0 Å². The van der Waals surface area contributed by atoms with Crippen molar-refractivity contribution in [2.75, 3.05) is 12.9 Å². The number of halogens is 1. The molecule has 1 aromatic heterocycles. The van der Waals surface area contributed by atoms with Gasteiger partial charge in [0, 0.05) is 41.5 Å². The first kappa shape index (κ1) is 20.3. The molecule has 28 heavy (non-hydrogen) atoms. The molecule has 0 fully saturated rings. The summed E-state index contributed by atoms with van der Waals surface area (Å²) in [5.41, 5.74) is 0.923. The number of thioether (sulfide) groups is 1. The van der Waals surface area contributed by atoms with E-state index in [1.807, 2.05) is 66.3 Å². The minimum Gasteiger partial charge on any atom is -0.497 e. The summed E-state index contributed by atoms with van der Waals surface area (Å²) in [4.78, 5) is 18.1. The lowest BCUT2D eigenvalue weighted by Crippen LogP contribution is -2.31. The van der Waals surface area contributed by atoms with Crippen molar-refractivity contribution < 1.29 is 9.53 Å². The van der Waals surface area contributed by atoms with Crippen LogP contribution in [0.15, 0.2) is 65.8 Å². The highest BCUT2D eigenvalue weighted by molar-refractivity contribution is 7.99. The third-order valence-corrected chi connectivity index (χ3v) is 5.53. The molecular weight excluding hydrogens is 394 g/mol. The van der Waals surface area contributed by atoms with E-state index in [1.54, 1.807) is 25.1 Å². The summed E-state index contributed by atoms with van der Waals surface area (Å²) in [6, 6.07) is 14.9. The van der Waals surface area contributed by atoms with Crippen LogP contribution in [0.2, 0.25) is 5.02 Å². The van der Waals surface area contributed by atoms with Crippen LogP contribution in [-0.4, -0.2) is 28.3 Å². The second kappa shape index (κ2) is 9.66. The quantitative estimate of drug-likeness (QED) is 0.551. The Kier molecular flexibility index (Phi) is 7.01. The van der Waals surface area contributed by atoms with Gasteiger partial charge < -0.3 is 14.6 Å². The van der Waals surface area contributed by atoms with Gasteiger partial charge in [-0.1, -0.05) is 23.7 Å². The number of nitrogens with one attached hydrogen (secondary N) is 1. The van der Waals surface area contributed by atoms with Gasteiger partial charge in [0.15, 0.2) is 0 Å². The highest BCUT2D eigenvalue weighted by Crippen LogP contribution is 2.25. The molecule has 0 spiro atoms. The first-order chi connectivity index (χ1) is 13.6. The highest BCUT2D eigenvalue weighted by Gasteiger charge is 2.21. The average Bonchev–Trinajstić information content (AvgIpc) is 3.13. The van der Waals surface area contributed by atoms with E-state index in [9.17, 15) is 4.79 Å². The van der Waals surface area contributed by atoms with Crippen LogP contribution in [0, 0.1) is 0 Å². The van der Waals surface area contributed by atoms with Crippen molar-refractivity contribution in [2.45, 2.75) is 17.4 Å².